The van der Waals surface area contributed by atoms with Gasteiger partial charge in [0.1, 0.15) is 0 Å². The Morgan fingerprint density at radius 2 is 1.64 bits per heavy atom. The topological polar surface area (TPSA) is 66.5 Å². The second-order valence-corrected chi connectivity index (χ2v) is 8.77. The Kier molecular flexibility index (Phi) is 6.41. The molecule has 28 heavy (non-hydrogen) atoms. The molecule has 3 rings (SSSR count). The molecule has 150 valence electrons. The second-order valence-electron chi connectivity index (χ2n) is 6.86. The van der Waals surface area contributed by atoms with Crippen LogP contribution in [0.4, 0.5) is 14.5 Å². The minimum absolute atomic E-state index is 0.0207. The molecular weight excluding hydrogens is 386 g/mol. The number of nitrogens with one attached hydrogen (secondary N) is 1. The Labute approximate surface area is 163 Å². The van der Waals surface area contributed by atoms with Gasteiger partial charge in [-0.15, -0.1) is 0 Å². The Bertz CT molecular complexity index is 895. The van der Waals surface area contributed by atoms with Gasteiger partial charge in [0.15, 0.2) is 0 Å². The molecule has 8 heteroatoms. The van der Waals surface area contributed by atoms with Crippen molar-refractivity contribution >= 4 is 21.4 Å². The summed E-state index contributed by atoms with van der Waals surface area (Å²) in [4.78, 5) is 14.2. The van der Waals surface area contributed by atoms with Crippen molar-refractivity contribution in [2.45, 2.75) is 30.0 Å². The Hall–Kier alpha value is -2.32. The highest BCUT2D eigenvalue weighted by Gasteiger charge is 2.27. The van der Waals surface area contributed by atoms with E-state index >= 15 is 0 Å². The van der Waals surface area contributed by atoms with Gasteiger partial charge in [-0.3, -0.25) is 9.69 Å². The summed E-state index contributed by atoms with van der Waals surface area (Å²) < 4.78 is 48.1. The third kappa shape index (κ3) is 4.94. The first-order valence-electron chi connectivity index (χ1n) is 9.05. The smallest absolute Gasteiger partial charge is 0.326 e. The van der Waals surface area contributed by atoms with Gasteiger partial charge in [0.2, 0.25) is 15.7 Å². The first-order valence-corrected chi connectivity index (χ1v) is 10.6. The van der Waals surface area contributed by atoms with Crippen LogP contribution >= 0.6 is 0 Å². The van der Waals surface area contributed by atoms with Crippen molar-refractivity contribution < 1.29 is 22.0 Å². The maximum Gasteiger partial charge on any atom is 0.341 e. The minimum Gasteiger partial charge on any atom is -0.326 e. The maximum atomic E-state index is 12.6. The summed E-state index contributed by atoms with van der Waals surface area (Å²) in [5, 5.41) is 2.93. The molecule has 0 atom stereocenters. The highest BCUT2D eigenvalue weighted by atomic mass is 32.2. The number of halogens is 2. The number of hydrogen-bond donors (Lipinski definition) is 1. The van der Waals surface area contributed by atoms with Crippen molar-refractivity contribution in [3.05, 3.63) is 60.2 Å². The predicted octanol–water partition coefficient (Wildman–Crippen LogP) is 3.53. The van der Waals surface area contributed by atoms with Crippen molar-refractivity contribution in [2.75, 3.05) is 18.4 Å². The fraction of sp³-hybridized carbons (Fsp3) is 0.350. The summed E-state index contributed by atoms with van der Waals surface area (Å²) >= 11 is 0. The molecular formula is C20H22F2N2O3S. The lowest BCUT2D eigenvalue weighted by Crippen LogP contribution is -2.37. The lowest BCUT2D eigenvalue weighted by molar-refractivity contribution is -0.121. The molecule has 1 saturated heterocycles. The van der Waals surface area contributed by atoms with Crippen LogP contribution in [0.5, 0.6) is 0 Å². The van der Waals surface area contributed by atoms with Gasteiger partial charge in [0.05, 0.1) is 4.90 Å². The number of likely N-dealkylation sites (tertiary alicyclic amines) is 1. The van der Waals surface area contributed by atoms with Crippen LogP contribution in [-0.2, 0) is 21.2 Å². The van der Waals surface area contributed by atoms with Gasteiger partial charge in [0.25, 0.3) is 0 Å². The van der Waals surface area contributed by atoms with E-state index in [-0.39, 0.29) is 16.7 Å². The van der Waals surface area contributed by atoms with E-state index < -0.39 is 15.6 Å². The number of piperidine rings is 1. The van der Waals surface area contributed by atoms with Gasteiger partial charge in [-0.05, 0) is 55.8 Å². The summed E-state index contributed by atoms with van der Waals surface area (Å²) in [7, 11) is -4.56. The molecule has 0 spiro atoms. The molecule has 1 aliphatic heterocycles. The predicted molar refractivity (Wildman–Crippen MR) is 103 cm³/mol. The van der Waals surface area contributed by atoms with Crippen LogP contribution in [0.15, 0.2) is 59.5 Å². The third-order valence-electron chi connectivity index (χ3n) is 4.89. The summed E-state index contributed by atoms with van der Waals surface area (Å²) in [6, 6.07) is 14.9. The lowest BCUT2D eigenvalue weighted by Gasteiger charge is -2.31. The Morgan fingerprint density at radius 3 is 2.21 bits per heavy atom. The monoisotopic (exact) mass is 408 g/mol. The van der Waals surface area contributed by atoms with E-state index in [0.717, 1.165) is 37.2 Å². The number of benzene rings is 2. The van der Waals surface area contributed by atoms with Crippen LogP contribution in [0.3, 0.4) is 0 Å². The van der Waals surface area contributed by atoms with Crippen molar-refractivity contribution in [2.24, 2.45) is 5.92 Å². The van der Waals surface area contributed by atoms with Gasteiger partial charge in [-0.2, -0.15) is 8.78 Å². The van der Waals surface area contributed by atoms with E-state index in [1.54, 1.807) is 12.1 Å². The number of amides is 1. The van der Waals surface area contributed by atoms with Crippen LogP contribution in [0, 0.1) is 5.92 Å². The van der Waals surface area contributed by atoms with E-state index in [4.69, 9.17) is 0 Å². The van der Waals surface area contributed by atoms with E-state index in [9.17, 15) is 22.0 Å². The molecule has 0 saturated carbocycles. The Balaban J connectivity index is 1.51. The molecule has 5 nitrogen and oxygen atoms in total. The molecule has 0 aromatic heterocycles. The zero-order chi connectivity index (χ0) is 20.1. The summed E-state index contributed by atoms with van der Waals surface area (Å²) in [6.45, 7) is 2.07. The van der Waals surface area contributed by atoms with E-state index in [2.05, 4.69) is 10.2 Å². The van der Waals surface area contributed by atoms with E-state index in [1.165, 1.54) is 12.1 Å². The minimum atomic E-state index is -4.56. The maximum absolute atomic E-state index is 12.6. The van der Waals surface area contributed by atoms with Crippen molar-refractivity contribution in [1.29, 1.82) is 0 Å². The van der Waals surface area contributed by atoms with Gasteiger partial charge < -0.3 is 5.32 Å². The number of nitrogens with zero attached hydrogens (tertiary/aromatic N) is 1. The van der Waals surface area contributed by atoms with E-state index in [0.29, 0.717) is 6.54 Å². The van der Waals surface area contributed by atoms with Crippen LogP contribution in [0.1, 0.15) is 18.4 Å². The molecule has 0 aliphatic carbocycles. The molecule has 0 radical (unpaired) electrons. The summed E-state index contributed by atoms with van der Waals surface area (Å²) in [5.74, 6) is -3.44. The number of para-hydroxylation sites is 1. The molecule has 1 fully saturated rings. The number of sulfone groups is 1. The number of hydrogen-bond acceptors (Lipinski definition) is 4. The quantitative estimate of drug-likeness (QED) is 0.794. The number of carbonyl (C=O) groups is 1. The Morgan fingerprint density at radius 1 is 1.04 bits per heavy atom. The molecule has 0 unspecified atom stereocenters. The van der Waals surface area contributed by atoms with Crippen molar-refractivity contribution in [3.8, 4) is 0 Å². The van der Waals surface area contributed by atoms with Crippen LogP contribution < -0.4 is 5.32 Å². The average Bonchev–Trinajstić information content (AvgIpc) is 2.69. The molecule has 0 bridgehead atoms. The molecule has 1 N–H and O–H groups in total. The van der Waals surface area contributed by atoms with Crippen LogP contribution in [0.2, 0.25) is 0 Å². The molecule has 2 aromatic carbocycles. The third-order valence-corrected chi connectivity index (χ3v) is 6.29. The van der Waals surface area contributed by atoms with Gasteiger partial charge in [-0.1, -0.05) is 30.3 Å². The summed E-state index contributed by atoms with van der Waals surface area (Å²) in [5.41, 5.74) is 1.63. The number of carbonyl (C=O) groups excluding carboxylic acids is 1. The number of anilines is 1. The van der Waals surface area contributed by atoms with E-state index in [1.807, 2.05) is 30.3 Å². The summed E-state index contributed by atoms with van der Waals surface area (Å²) in [6.07, 6.45) is 1.47. The number of alkyl halides is 2. The molecule has 1 amide bonds. The largest absolute Gasteiger partial charge is 0.341 e. The molecule has 1 aliphatic rings. The normalized spacial score (nSPS) is 16.2. The first kappa shape index (κ1) is 20.4. The highest BCUT2D eigenvalue weighted by Crippen LogP contribution is 2.22. The van der Waals surface area contributed by atoms with Crippen molar-refractivity contribution in [1.82, 2.24) is 4.90 Å². The van der Waals surface area contributed by atoms with Crippen LogP contribution in [0.25, 0.3) is 0 Å². The molecule has 1 heterocycles. The number of rotatable bonds is 6. The zero-order valence-electron chi connectivity index (χ0n) is 15.2. The highest BCUT2D eigenvalue weighted by molar-refractivity contribution is 7.91. The van der Waals surface area contributed by atoms with Crippen LogP contribution in [-0.4, -0.2) is 38.1 Å². The second kappa shape index (κ2) is 8.79. The fourth-order valence-corrected chi connectivity index (χ4v) is 3.99. The van der Waals surface area contributed by atoms with Crippen molar-refractivity contribution in [3.63, 3.8) is 0 Å². The molecule has 2 aromatic rings. The van der Waals surface area contributed by atoms with Gasteiger partial charge in [-0.25, -0.2) is 8.42 Å². The standard InChI is InChI=1S/C20H22F2N2O3S/c21-20(22)28(26,27)18-8-6-15(7-9-18)14-24-12-10-16(11-13-24)19(25)23-17-4-2-1-3-5-17/h1-9,16,20H,10-14H2,(H,23,25). The average molecular weight is 408 g/mol. The lowest BCUT2D eigenvalue weighted by atomic mass is 9.95. The van der Waals surface area contributed by atoms with Gasteiger partial charge in [0, 0.05) is 18.2 Å². The SMILES string of the molecule is O=C(Nc1ccccc1)C1CCN(Cc2ccc(S(=O)(=O)C(F)F)cc2)CC1. The zero-order valence-corrected chi connectivity index (χ0v) is 16.0. The first-order chi connectivity index (χ1) is 13.4. The fourth-order valence-electron chi connectivity index (χ4n) is 3.26. The van der Waals surface area contributed by atoms with Gasteiger partial charge >= 0.3 is 5.76 Å².